The van der Waals surface area contributed by atoms with Crippen LogP contribution in [0.3, 0.4) is 0 Å². The zero-order valence-corrected chi connectivity index (χ0v) is 7.59. The summed E-state index contributed by atoms with van der Waals surface area (Å²) in [7, 11) is 2.24. The van der Waals surface area contributed by atoms with Gasteiger partial charge >= 0.3 is 0 Å². The summed E-state index contributed by atoms with van der Waals surface area (Å²) >= 11 is 0. The standard InChI is InChI=1S/C9H19N/c1-7-5-8(2)10(4)9(3)6-7/h7-9H,5-6H2,1-4H3/t8-,9-/m0/s1. The molecule has 60 valence electrons. The zero-order valence-electron chi connectivity index (χ0n) is 7.59. The second kappa shape index (κ2) is 2.91. The summed E-state index contributed by atoms with van der Waals surface area (Å²) in [6, 6.07) is 1.58. The molecule has 0 spiro atoms. The summed E-state index contributed by atoms with van der Waals surface area (Å²) in [5, 5.41) is 0. The SMILES string of the molecule is CC1C[C@H](C)N(C)[C@@H](C)C1. The lowest BCUT2D eigenvalue weighted by molar-refractivity contribution is 0.105. The molecule has 1 heteroatoms. The van der Waals surface area contributed by atoms with Gasteiger partial charge < -0.3 is 4.90 Å². The van der Waals surface area contributed by atoms with E-state index in [0.717, 1.165) is 18.0 Å². The number of piperidine rings is 1. The monoisotopic (exact) mass is 141 g/mol. The first-order valence-electron chi connectivity index (χ1n) is 4.33. The highest BCUT2D eigenvalue weighted by Crippen LogP contribution is 2.25. The van der Waals surface area contributed by atoms with Crippen molar-refractivity contribution in [3.8, 4) is 0 Å². The maximum absolute atomic E-state index is 2.49. The van der Waals surface area contributed by atoms with Crippen molar-refractivity contribution in [1.29, 1.82) is 0 Å². The number of hydrogen-bond donors (Lipinski definition) is 0. The normalized spacial score (nSPS) is 43.8. The summed E-state index contributed by atoms with van der Waals surface area (Å²) in [5.41, 5.74) is 0. The van der Waals surface area contributed by atoms with Gasteiger partial charge in [-0.3, -0.25) is 0 Å². The fourth-order valence-electron chi connectivity index (χ4n) is 2.03. The van der Waals surface area contributed by atoms with E-state index in [0.29, 0.717) is 0 Å². The second-order valence-electron chi connectivity index (χ2n) is 3.94. The number of nitrogens with zero attached hydrogens (tertiary/aromatic N) is 1. The van der Waals surface area contributed by atoms with Crippen molar-refractivity contribution in [2.75, 3.05) is 7.05 Å². The largest absolute Gasteiger partial charge is 0.301 e. The molecule has 1 heterocycles. The first kappa shape index (κ1) is 8.06. The summed E-state index contributed by atoms with van der Waals surface area (Å²) < 4.78 is 0. The van der Waals surface area contributed by atoms with Crippen molar-refractivity contribution >= 4 is 0 Å². The van der Waals surface area contributed by atoms with Crippen LogP contribution in [0.4, 0.5) is 0 Å². The van der Waals surface area contributed by atoms with E-state index in [2.05, 4.69) is 32.7 Å². The minimum atomic E-state index is 0.791. The van der Waals surface area contributed by atoms with Gasteiger partial charge in [0.05, 0.1) is 0 Å². The Labute approximate surface area is 64.4 Å². The van der Waals surface area contributed by atoms with E-state index in [1.54, 1.807) is 0 Å². The van der Waals surface area contributed by atoms with Crippen LogP contribution in [0.15, 0.2) is 0 Å². The molecule has 1 saturated heterocycles. The van der Waals surface area contributed by atoms with Gasteiger partial charge in [0.2, 0.25) is 0 Å². The first-order valence-corrected chi connectivity index (χ1v) is 4.33. The highest BCUT2D eigenvalue weighted by Gasteiger charge is 2.24. The van der Waals surface area contributed by atoms with Crippen LogP contribution in [0.25, 0.3) is 0 Å². The van der Waals surface area contributed by atoms with Crippen molar-refractivity contribution in [2.24, 2.45) is 5.92 Å². The van der Waals surface area contributed by atoms with Crippen LogP contribution in [-0.4, -0.2) is 24.0 Å². The topological polar surface area (TPSA) is 3.24 Å². The molecule has 1 aliphatic heterocycles. The van der Waals surface area contributed by atoms with Gasteiger partial charge in [-0.1, -0.05) is 6.92 Å². The number of hydrogen-bond acceptors (Lipinski definition) is 1. The highest BCUT2D eigenvalue weighted by atomic mass is 15.2. The Morgan fingerprint density at radius 2 is 1.40 bits per heavy atom. The average Bonchev–Trinajstić information content (AvgIpc) is 1.82. The van der Waals surface area contributed by atoms with Gasteiger partial charge in [-0.25, -0.2) is 0 Å². The van der Waals surface area contributed by atoms with E-state index in [1.807, 2.05) is 0 Å². The summed E-state index contributed by atoms with van der Waals surface area (Å²) in [5.74, 6) is 0.932. The highest BCUT2D eigenvalue weighted by molar-refractivity contribution is 4.79. The molecule has 1 aliphatic rings. The molecule has 0 aliphatic carbocycles. The molecule has 1 nitrogen and oxygen atoms in total. The molecule has 1 fully saturated rings. The quantitative estimate of drug-likeness (QED) is 0.499. The van der Waals surface area contributed by atoms with Crippen LogP contribution >= 0.6 is 0 Å². The Hall–Kier alpha value is -0.0400. The van der Waals surface area contributed by atoms with Crippen LogP contribution < -0.4 is 0 Å². The third kappa shape index (κ3) is 1.51. The fourth-order valence-corrected chi connectivity index (χ4v) is 2.03. The van der Waals surface area contributed by atoms with Gasteiger partial charge in [-0.15, -0.1) is 0 Å². The molecule has 1 rings (SSSR count). The molecule has 0 bridgehead atoms. The van der Waals surface area contributed by atoms with E-state index < -0.39 is 0 Å². The van der Waals surface area contributed by atoms with Crippen molar-refractivity contribution in [3.63, 3.8) is 0 Å². The minimum Gasteiger partial charge on any atom is -0.301 e. The number of likely N-dealkylation sites (tertiary alicyclic amines) is 1. The lowest BCUT2D eigenvalue weighted by Crippen LogP contribution is -2.43. The number of rotatable bonds is 0. The van der Waals surface area contributed by atoms with E-state index in [-0.39, 0.29) is 0 Å². The van der Waals surface area contributed by atoms with E-state index >= 15 is 0 Å². The Balaban J connectivity index is 2.49. The van der Waals surface area contributed by atoms with Crippen LogP contribution in [0.2, 0.25) is 0 Å². The molecule has 0 unspecified atom stereocenters. The Bertz CT molecular complexity index is 99.3. The molecule has 0 aromatic rings. The molecule has 2 atom stereocenters. The average molecular weight is 141 g/mol. The van der Waals surface area contributed by atoms with Gasteiger partial charge in [0.15, 0.2) is 0 Å². The smallest absolute Gasteiger partial charge is 0.00692 e. The summed E-state index contributed by atoms with van der Waals surface area (Å²) in [6.45, 7) is 7.01. The third-order valence-corrected chi connectivity index (χ3v) is 2.88. The van der Waals surface area contributed by atoms with Gasteiger partial charge in [0.25, 0.3) is 0 Å². The molecule has 0 aromatic heterocycles. The summed E-state index contributed by atoms with van der Waals surface area (Å²) in [6.07, 6.45) is 2.75. The lowest BCUT2D eigenvalue weighted by Gasteiger charge is -2.39. The third-order valence-electron chi connectivity index (χ3n) is 2.88. The fraction of sp³-hybridized carbons (Fsp3) is 1.00. The van der Waals surface area contributed by atoms with Gasteiger partial charge in [-0.2, -0.15) is 0 Å². The molecule has 0 saturated carbocycles. The zero-order chi connectivity index (χ0) is 7.72. The maximum Gasteiger partial charge on any atom is 0.00692 e. The Morgan fingerprint density at radius 3 is 1.80 bits per heavy atom. The van der Waals surface area contributed by atoms with Crippen molar-refractivity contribution in [1.82, 2.24) is 4.90 Å². The van der Waals surface area contributed by atoms with Crippen LogP contribution in [0, 0.1) is 5.92 Å². The van der Waals surface area contributed by atoms with Crippen LogP contribution in [-0.2, 0) is 0 Å². The molecular formula is C9H19N. The van der Waals surface area contributed by atoms with Crippen LogP contribution in [0.5, 0.6) is 0 Å². The predicted molar refractivity (Wildman–Crippen MR) is 45.1 cm³/mol. The Kier molecular flexibility index (Phi) is 2.35. The second-order valence-corrected chi connectivity index (χ2v) is 3.94. The molecule has 0 N–H and O–H groups in total. The van der Waals surface area contributed by atoms with E-state index in [4.69, 9.17) is 0 Å². The minimum absolute atomic E-state index is 0.791. The lowest BCUT2D eigenvalue weighted by atomic mass is 9.89. The molecule has 0 aromatic carbocycles. The van der Waals surface area contributed by atoms with Crippen LogP contribution in [0.1, 0.15) is 33.6 Å². The summed E-state index contributed by atoms with van der Waals surface area (Å²) in [4.78, 5) is 2.49. The van der Waals surface area contributed by atoms with E-state index in [9.17, 15) is 0 Å². The predicted octanol–water partition coefficient (Wildman–Crippen LogP) is 2.13. The van der Waals surface area contributed by atoms with Gasteiger partial charge in [-0.05, 0) is 39.7 Å². The molecule has 0 amide bonds. The molecular weight excluding hydrogens is 122 g/mol. The Morgan fingerprint density at radius 1 is 1.00 bits per heavy atom. The molecule has 10 heavy (non-hydrogen) atoms. The first-order chi connectivity index (χ1) is 4.61. The van der Waals surface area contributed by atoms with Crippen molar-refractivity contribution in [2.45, 2.75) is 45.7 Å². The maximum atomic E-state index is 2.49. The van der Waals surface area contributed by atoms with E-state index in [1.165, 1.54) is 12.8 Å². The van der Waals surface area contributed by atoms with Crippen molar-refractivity contribution in [3.05, 3.63) is 0 Å². The molecule has 0 radical (unpaired) electrons. The van der Waals surface area contributed by atoms with Gasteiger partial charge in [0, 0.05) is 12.1 Å². The van der Waals surface area contributed by atoms with Crippen molar-refractivity contribution < 1.29 is 0 Å². The van der Waals surface area contributed by atoms with Gasteiger partial charge in [0.1, 0.15) is 0 Å².